The third-order valence-electron chi connectivity index (χ3n) is 5.35. The molecule has 0 amide bonds. The summed E-state index contributed by atoms with van der Waals surface area (Å²) in [5.74, 6) is 0.575. The highest BCUT2D eigenvalue weighted by atomic mass is 16.5. The van der Waals surface area contributed by atoms with Crippen molar-refractivity contribution in [2.45, 2.75) is 39.7 Å². The SMILES string of the molecule is CCOC(=O)c1cn2c(cc1=O)-c1nc(OC)c(OCCCOC)cc1CC2C(C)C. The summed E-state index contributed by atoms with van der Waals surface area (Å²) in [6.45, 7) is 7.24. The van der Waals surface area contributed by atoms with Crippen LogP contribution in [0.5, 0.6) is 11.6 Å². The quantitative estimate of drug-likeness (QED) is 0.446. The number of rotatable bonds is 9. The predicted octanol–water partition coefficient (Wildman–Crippen LogP) is 3.26. The number of pyridine rings is 2. The van der Waals surface area contributed by atoms with Gasteiger partial charge >= 0.3 is 5.97 Å². The topological polar surface area (TPSA) is 88.9 Å². The van der Waals surface area contributed by atoms with Gasteiger partial charge < -0.3 is 23.5 Å². The first-order valence-corrected chi connectivity index (χ1v) is 10.5. The van der Waals surface area contributed by atoms with E-state index in [9.17, 15) is 9.59 Å². The summed E-state index contributed by atoms with van der Waals surface area (Å²) in [5.41, 5.74) is 1.93. The monoisotopic (exact) mass is 430 g/mol. The molecule has 1 aliphatic heterocycles. The Bertz CT molecular complexity index is 998. The van der Waals surface area contributed by atoms with Crippen molar-refractivity contribution in [1.29, 1.82) is 0 Å². The minimum absolute atomic E-state index is 0.0322. The molecule has 2 aromatic heterocycles. The Morgan fingerprint density at radius 1 is 1.26 bits per heavy atom. The van der Waals surface area contributed by atoms with Crippen LogP contribution in [0.15, 0.2) is 23.1 Å². The van der Waals surface area contributed by atoms with E-state index in [1.54, 1.807) is 20.2 Å². The normalized spacial score (nSPS) is 14.7. The molecule has 0 saturated carbocycles. The molecule has 0 aromatic carbocycles. The Morgan fingerprint density at radius 2 is 2.03 bits per heavy atom. The number of ether oxygens (including phenoxy) is 4. The summed E-state index contributed by atoms with van der Waals surface area (Å²) >= 11 is 0. The zero-order valence-electron chi connectivity index (χ0n) is 18.8. The van der Waals surface area contributed by atoms with Crippen molar-refractivity contribution in [2.75, 3.05) is 34.0 Å². The molecule has 3 heterocycles. The summed E-state index contributed by atoms with van der Waals surface area (Å²) in [6, 6.07) is 3.45. The lowest BCUT2D eigenvalue weighted by molar-refractivity contribution is 0.0523. The second-order valence-corrected chi connectivity index (χ2v) is 7.78. The molecule has 1 unspecified atom stereocenters. The number of methoxy groups -OCH3 is 2. The molecule has 0 saturated heterocycles. The van der Waals surface area contributed by atoms with Crippen molar-refractivity contribution in [2.24, 2.45) is 5.92 Å². The van der Waals surface area contributed by atoms with Crippen LogP contribution in [0, 0.1) is 5.92 Å². The van der Waals surface area contributed by atoms with Gasteiger partial charge in [-0.1, -0.05) is 13.8 Å². The van der Waals surface area contributed by atoms with Crippen LogP contribution in [0.25, 0.3) is 11.4 Å². The zero-order valence-corrected chi connectivity index (χ0v) is 18.8. The fourth-order valence-electron chi connectivity index (χ4n) is 3.79. The minimum atomic E-state index is -0.610. The fraction of sp³-hybridized carbons (Fsp3) is 0.522. The molecule has 0 fully saturated rings. The molecule has 8 heteroatoms. The highest BCUT2D eigenvalue weighted by Crippen LogP contribution is 2.40. The Labute approximate surface area is 182 Å². The number of hydrogen-bond donors (Lipinski definition) is 0. The molecule has 2 aromatic rings. The Balaban J connectivity index is 2.09. The van der Waals surface area contributed by atoms with E-state index in [1.165, 1.54) is 13.2 Å². The van der Waals surface area contributed by atoms with Gasteiger partial charge in [-0.05, 0) is 30.9 Å². The maximum absolute atomic E-state index is 12.7. The number of carbonyl (C=O) groups excluding carboxylic acids is 1. The van der Waals surface area contributed by atoms with Gasteiger partial charge in [0.15, 0.2) is 11.2 Å². The Hall–Kier alpha value is -2.87. The van der Waals surface area contributed by atoms with E-state index in [2.05, 4.69) is 18.8 Å². The highest BCUT2D eigenvalue weighted by Gasteiger charge is 2.30. The lowest BCUT2D eigenvalue weighted by Gasteiger charge is -2.33. The van der Waals surface area contributed by atoms with Crippen molar-refractivity contribution in [3.8, 4) is 23.0 Å². The van der Waals surface area contributed by atoms with Gasteiger partial charge in [-0.2, -0.15) is 0 Å². The first-order chi connectivity index (χ1) is 14.9. The van der Waals surface area contributed by atoms with Crippen molar-refractivity contribution < 1.29 is 23.7 Å². The van der Waals surface area contributed by atoms with Crippen LogP contribution in [-0.4, -0.2) is 49.6 Å². The molecule has 0 aliphatic carbocycles. The first kappa shape index (κ1) is 22.8. The van der Waals surface area contributed by atoms with Crippen LogP contribution in [-0.2, 0) is 15.9 Å². The van der Waals surface area contributed by atoms with Gasteiger partial charge in [0.2, 0.25) is 0 Å². The van der Waals surface area contributed by atoms with E-state index in [-0.39, 0.29) is 29.6 Å². The van der Waals surface area contributed by atoms with E-state index < -0.39 is 5.97 Å². The Kier molecular flexibility index (Phi) is 7.33. The average Bonchev–Trinajstić information content (AvgIpc) is 2.75. The van der Waals surface area contributed by atoms with Crippen LogP contribution in [0.4, 0.5) is 0 Å². The summed E-state index contributed by atoms with van der Waals surface area (Å²) < 4.78 is 23.4. The van der Waals surface area contributed by atoms with Gasteiger partial charge in [0.1, 0.15) is 5.56 Å². The molecular formula is C23H30N2O6. The lowest BCUT2D eigenvalue weighted by atomic mass is 9.89. The smallest absolute Gasteiger partial charge is 0.343 e. The largest absolute Gasteiger partial charge is 0.488 e. The van der Waals surface area contributed by atoms with E-state index in [0.717, 1.165) is 12.0 Å². The molecule has 31 heavy (non-hydrogen) atoms. The van der Waals surface area contributed by atoms with E-state index in [1.807, 2.05) is 10.6 Å². The average molecular weight is 431 g/mol. The summed E-state index contributed by atoms with van der Waals surface area (Å²) in [5, 5.41) is 0. The van der Waals surface area contributed by atoms with E-state index in [0.29, 0.717) is 42.7 Å². The maximum Gasteiger partial charge on any atom is 0.343 e. The standard InChI is InChI=1S/C23H30N2O6/c1-6-30-23(27)16-13-25-17(14(2)3)10-15-11-20(31-9-7-8-28-4)22(29-5)24-21(15)18(25)12-19(16)26/h11-14,17H,6-10H2,1-5H3. The molecular weight excluding hydrogens is 400 g/mol. The van der Waals surface area contributed by atoms with Crippen molar-refractivity contribution in [3.05, 3.63) is 39.7 Å². The van der Waals surface area contributed by atoms with Gasteiger partial charge in [0.25, 0.3) is 5.88 Å². The van der Waals surface area contributed by atoms with Crippen molar-refractivity contribution in [1.82, 2.24) is 9.55 Å². The predicted molar refractivity (Wildman–Crippen MR) is 116 cm³/mol. The van der Waals surface area contributed by atoms with Gasteiger partial charge in [0, 0.05) is 38.4 Å². The third kappa shape index (κ3) is 4.74. The number of carbonyl (C=O) groups is 1. The molecule has 168 valence electrons. The van der Waals surface area contributed by atoms with Crippen LogP contribution in [0.1, 0.15) is 49.2 Å². The molecule has 1 aliphatic rings. The zero-order chi connectivity index (χ0) is 22.5. The molecule has 0 radical (unpaired) electrons. The van der Waals surface area contributed by atoms with Gasteiger partial charge in [-0.25, -0.2) is 9.78 Å². The van der Waals surface area contributed by atoms with Crippen LogP contribution in [0.2, 0.25) is 0 Å². The number of hydrogen-bond acceptors (Lipinski definition) is 7. The first-order valence-electron chi connectivity index (χ1n) is 10.5. The van der Waals surface area contributed by atoms with Crippen molar-refractivity contribution >= 4 is 5.97 Å². The van der Waals surface area contributed by atoms with E-state index >= 15 is 0 Å². The second-order valence-electron chi connectivity index (χ2n) is 7.78. The van der Waals surface area contributed by atoms with Crippen LogP contribution >= 0.6 is 0 Å². The van der Waals surface area contributed by atoms with Gasteiger partial charge in [-0.15, -0.1) is 0 Å². The minimum Gasteiger partial charge on any atom is -0.488 e. The molecule has 8 nitrogen and oxygen atoms in total. The highest BCUT2D eigenvalue weighted by molar-refractivity contribution is 5.89. The molecule has 1 atom stereocenters. The maximum atomic E-state index is 12.7. The van der Waals surface area contributed by atoms with Gasteiger partial charge in [0.05, 0.1) is 31.7 Å². The molecule has 0 bridgehead atoms. The van der Waals surface area contributed by atoms with Gasteiger partial charge in [-0.3, -0.25) is 4.79 Å². The van der Waals surface area contributed by atoms with E-state index in [4.69, 9.17) is 18.9 Å². The summed E-state index contributed by atoms with van der Waals surface area (Å²) in [7, 11) is 3.19. The van der Waals surface area contributed by atoms with Crippen molar-refractivity contribution in [3.63, 3.8) is 0 Å². The number of nitrogens with zero attached hydrogens (tertiary/aromatic N) is 2. The number of fused-ring (bicyclic) bond motifs is 3. The Morgan fingerprint density at radius 3 is 2.68 bits per heavy atom. The number of esters is 1. The second kappa shape index (κ2) is 9.96. The fourth-order valence-corrected chi connectivity index (χ4v) is 3.79. The summed E-state index contributed by atoms with van der Waals surface area (Å²) in [6.07, 6.45) is 3.05. The molecule has 0 spiro atoms. The molecule has 0 N–H and O–H groups in total. The number of aromatic nitrogens is 2. The van der Waals surface area contributed by atoms with Crippen LogP contribution < -0.4 is 14.9 Å². The third-order valence-corrected chi connectivity index (χ3v) is 5.35. The molecule has 3 rings (SSSR count). The summed E-state index contributed by atoms with van der Waals surface area (Å²) in [4.78, 5) is 29.6. The van der Waals surface area contributed by atoms with Crippen LogP contribution in [0.3, 0.4) is 0 Å². The lowest BCUT2D eigenvalue weighted by Crippen LogP contribution is -2.29.